The highest BCUT2D eigenvalue weighted by atomic mass is 35.5. The smallest absolute Gasteiger partial charge is 0.194 e. The molecule has 0 fully saturated rings. The van der Waals surface area contributed by atoms with E-state index in [0.717, 1.165) is 11.1 Å². The van der Waals surface area contributed by atoms with Gasteiger partial charge in [0.05, 0.1) is 19.2 Å². The standard InChI is InChI=1S/C17H17ClO3/c1-10-5-6-12(14(18)7-10)17(19)13-9-16(21-4)15(20-3)8-11(13)2/h5-9H,1-4H3. The van der Waals surface area contributed by atoms with Crippen LogP contribution in [0.4, 0.5) is 0 Å². The quantitative estimate of drug-likeness (QED) is 0.794. The fourth-order valence-corrected chi connectivity index (χ4v) is 2.50. The second-order valence-corrected chi connectivity index (χ2v) is 5.24. The lowest BCUT2D eigenvalue weighted by atomic mass is 9.97. The molecule has 21 heavy (non-hydrogen) atoms. The Bertz CT molecular complexity index is 693. The zero-order valence-corrected chi connectivity index (χ0v) is 13.2. The van der Waals surface area contributed by atoms with Crippen LogP contribution in [0, 0.1) is 13.8 Å². The van der Waals surface area contributed by atoms with E-state index in [4.69, 9.17) is 21.1 Å². The van der Waals surface area contributed by atoms with Crippen molar-refractivity contribution in [3.05, 3.63) is 57.6 Å². The summed E-state index contributed by atoms with van der Waals surface area (Å²) in [7, 11) is 3.11. The molecule has 0 aromatic heterocycles. The third kappa shape index (κ3) is 3.03. The largest absolute Gasteiger partial charge is 0.493 e. The van der Waals surface area contributed by atoms with Crippen molar-refractivity contribution in [2.24, 2.45) is 0 Å². The van der Waals surface area contributed by atoms with Crippen molar-refractivity contribution in [3.8, 4) is 11.5 Å². The van der Waals surface area contributed by atoms with Crippen LogP contribution in [0.15, 0.2) is 30.3 Å². The Labute approximate surface area is 129 Å². The van der Waals surface area contributed by atoms with E-state index in [2.05, 4.69) is 0 Å². The summed E-state index contributed by atoms with van der Waals surface area (Å²) in [6.45, 7) is 3.79. The van der Waals surface area contributed by atoms with E-state index in [9.17, 15) is 4.79 Å². The number of hydrogen-bond donors (Lipinski definition) is 0. The zero-order chi connectivity index (χ0) is 15.6. The van der Waals surface area contributed by atoms with Gasteiger partial charge in [-0.3, -0.25) is 4.79 Å². The molecule has 0 unspecified atom stereocenters. The van der Waals surface area contributed by atoms with Gasteiger partial charge in [-0.1, -0.05) is 17.7 Å². The summed E-state index contributed by atoms with van der Waals surface area (Å²) in [5, 5.41) is 0.453. The molecule has 0 aliphatic carbocycles. The number of carbonyl (C=O) groups is 1. The molecule has 0 N–H and O–H groups in total. The van der Waals surface area contributed by atoms with Crippen LogP contribution in [0.1, 0.15) is 27.0 Å². The molecule has 0 amide bonds. The van der Waals surface area contributed by atoms with Crippen LogP contribution in [0.25, 0.3) is 0 Å². The number of aryl methyl sites for hydroxylation is 2. The molecule has 0 radical (unpaired) electrons. The highest BCUT2D eigenvalue weighted by Crippen LogP contribution is 2.32. The number of ether oxygens (including phenoxy) is 2. The first-order valence-electron chi connectivity index (χ1n) is 6.51. The third-order valence-electron chi connectivity index (χ3n) is 3.34. The van der Waals surface area contributed by atoms with Gasteiger partial charge >= 0.3 is 0 Å². The van der Waals surface area contributed by atoms with Crippen LogP contribution >= 0.6 is 11.6 Å². The number of benzene rings is 2. The van der Waals surface area contributed by atoms with Crippen LogP contribution in [0.2, 0.25) is 5.02 Å². The van der Waals surface area contributed by atoms with Crippen LogP contribution in [0.5, 0.6) is 11.5 Å². The lowest BCUT2D eigenvalue weighted by Gasteiger charge is -2.13. The maximum atomic E-state index is 12.7. The second-order valence-electron chi connectivity index (χ2n) is 4.83. The van der Waals surface area contributed by atoms with Gasteiger partial charge in [-0.15, -0.1) is 0 Å². The molecule has 0 atom stereocenters. The molecule has 0 saturated heterocycles. The van der Waals surface area contributed by atoms with Crippen LogP contribution in [0.3, 0.4) is 0 Å². The van der Waals surface area contributed by atoms with Gasteiger partial charge in [-0.05, 0) is 49.2 Å². The van der Waals surface area contributed by atoms with E-state index in [1.54, 1.807) is 38.5 Å². The molecular formula is C17H17ClO3. The van der Waals surface area contributed by atoms with Gasteiger partial charge in [-0.2, -0.15) is 0 Å². The maximum absolute atomic E-state index is 12.7. The van der Waals surface area contributed by atoms with Gasteiger partial charge in [-0.25, -0.2) is 0 Å². The Balaban J connectivity index is 2.53. The zero-order valence-electron chi connectivity index (χ0n) is 12.5. The number of hydrogen-bond acceptors (Lipinski definition) is 3. The number of carbonyl (C=O) groups excluding carboxylic acids is 1. The minimum Gasteiger partial charge on any atom is -0.493 e. The van der Waals surface area contributed by atoms with E-state index in [1.165, 1.54) is 0 Å². The molecule has 2 aromatic rings. The Hall–Kier alpha value is -2.00. The number of rotatable bonds is 4. The molecule has 2 aromatic carbocycles. The van der Waals surface area contributed by atoms with Gasteiger partial charge in [0.25, 0.3) is 0 Å². The molecule has 110 valence electrons. The summed E-state index contributed by atoms with van der Waals surface area (Å²) < 4.78 is 10.5. The van der Waals surface area contributed by atoms with Gasteiger partial charge in [0.15, 0.2) is 17.3 Å². The Morgan fingerprint density at radius 3 is 2.14 bits per heavy atom. The molecule has 0 bridgehead atoms. The minimum absolute atomic E-state index is 0.126. The van der Waals surface area contributed by atoms with Crippen molar-refractivity contribution >= 4 is 17.4 Å². The molecule has 0 aliphatic rings. The molecule has 4 heteroatoms. The SMILES string of the molecule is COc1cc(C)c(C(=O)c2ccc(C)cc2Cl)cc1OC. The van der Waals surface area contributed by atoms with Crippen molar-refractivity contribution in [1.82, 2.24) is 0 Å². The molecule has 0 aliphatic heterocycles. The van der Waals surface area contributed by atoms with E-state index in [-0.39, 0.29) is 5.78 Å². The summed E-state index contributed by atoms with van der Waals surface area (Å²) in [6, 6.07) is 8.87. The summed E-state index contributed by atoms with van der Waals surface area (Å²) >= 11 is 6.18. The first-order valence-corrected chi connectivity index (χ1v) is 6.89. The lowest BCUT2D eigenvalue weighted by Crippen LogP contribution is -2.06. The van der Waals surface area contributed by atoms with Crippen molar-refractivity contribution in [3.63, 3.8) is 0 Å². The normalized spacial score (nSPS) is 10.3. The Kier molecular flexibility index (Phi) is 4.53. The fourth-order valence-electron chi connectivity index (χ4n) is 2.17. The van der Waals surface area contributed by atoms with Gasteiger partial charge in [0.2, 0.25) is 0 Å². The first-order chi connectivity index (χ1) is 9.97. The first kappa shape index (κ1) is 15.4. The molecule has 0 heterocycles. The average molecular weight is 305 g/mol. The van der Waals surface area contributed by atoms with Crippen LogP contribution in [-0.2, 0) is 0 Å². The summed E-state index contributed by atoms with van der Waals surface area (Å²) in [5.74, 6) is 0.995. The molecule has 2 rings (SSSR count). The average Bonchev–Trinajstić information content (AvgIpc) is 2.46. The summed E-state index contributed by atoms with van der Waals surface area (Å²) in [6.07, 6.45) is 0. The highest BCUT2D eigenvalue weighted by Gasteiger charge is 2.18. The van der Waals surface area contributed by atoms with Gasteiger partial charge in [0, 0.05) is 11.1 Å². The molecular weight excluding hydrogens is 288 g/mol. The summed E-state index contributed by atoms with van der Waals surface area (Å²) in [5.41, 5.74) is 2.87. The van der Waals surface area contributed by atoms with Crippen LogP contribution < -0.4 is 9.47 Å². The molecule has 0 saturated carbocycles. The predicted octanol–water partition coefficient (Wildman–Crippen LogP) is 4.21. The van der Waals surface area contributed by atoms with Crippen LogP contribution in [-0.4, -0.2) is 20.0 Å². The number of ketones is 1. The fraction of sp³-hybridized carbons (Fsp3) is 0.235. The summed E-state index contributed by atoms with van der Waals surface area (Å²) in [4.78, 5) is 12.7. The molecule has 3 nitrogen and oxygen atoms in total. The predicted molar refractivity (Wildman–Crippen MR) is 83.9 cm³/mol. The maximum Gasteiger partial charge on any atom is 0.194 e. The topological polar surface area (TPSA) is 35.5 Å². The van der Waals surface area contributed by atoms with Gasteiger partial charge in [0.1, 0.15) is 0 Å². The molecule has 0 spiro atoms. The highest BCUT2D eigenvalue weighted by molar-refractivity contribution is 6.35. The Morgan fingerprint density at radius 2 is 1.57 bits per heavy atom. The number of methoxy groups -OCH3 is 2. The van der Waals surface area contributed by atoms with E-state index in [0.29, 0.717) is 27.6 Å². The van der Waals surface area contributed by atoms with Crippen molar-refractivity contribution in [2.45, 2.75) is 13.8 Å². The number of halogens is 1. The van der Waals surface area contributed by atoms with Crippen molar-refractivity contribution in [1.29, 1.82) is 0 Å². The third-order valence-corrected chi connectivity index (χ3v) is 3.66. The van der Waals surface area contributed by atoms with Crippen molar-refractivity contribution in [2.75, 3.05) is 14.2 Å². The van der Waals surface area contributed by atoms with E-state index < -0.39 is 0 Å². The van der Waals surface area contributed by atoms with E-state index in [1.807, 2.05) is 19.9 Å². The van der Waals surface area contributed by atoms with Gasteiger partial charge < -0.3 is 9.47 Å². The monoisotopic (exact) mass is 304 g/mol. The Morgan fingerprint density at radius 1 is 0.952 bits per heavy atom. The van der Waals surface area contributed by atoms with E-state index >= 15 is 0 Å². The minimum atomic E-state index is -0.126. The second kappa shape index (κ2) is 6.19. The lowest BCUT2D eigenvalue weighted by molar-refractivity contribution is 0.103. The van der Waals surface area contributed by atoms with Crippen molar-refractivity contribution < 1.29 is 14.3 Å².